The second kappa shape index (κ2) is 6.85. The lowest BCUT2D eigenvalue weighted by atomic mass is 10.1. The standard InChI is InChI=1S/C22H19N3OS/c1-13-3-10-19-20(11-13)27-22(25-19)15-4-7-17(8-5-15)24-21(26)18-9-6-16(23)12-14(18)2/h3-12H,23H2,1-2H3,(H,24,26). The van der Waals surface area contributed by atoms with Crippen molar-refractivity contribution in [3.8, 4) is 10.6 Å². The van der Waals surface area contributed by atoms with Gasteiger partial charge < -0.3 is 11.1 Å². The molecule has 27 heavy (non-hydrogen) atoms. The van der Waals surface area contributed by atoms with Crippen molar-refractivity contribution in [2.45, 2.75) is 13.8 Å². The summed E-state index contributed by atoms with van der Waals surface area (Å²) in [5.41, 5.74) is 11.9. The second-order valence-electron chi connectivity index (χ2n) is 6.60. The first-order valence-electron chi connectivity index (χ1n) is 8.65. The molecule has 0 fully saturated rings. The van der Waals surface area contributed by atoms with Crippen molar-refractivity contribution < 1.29 is 4.79 Å². The Morgan fingerprint density at radius 1 is 1.00 bits per heavy atom. The second-order valence-corrected chi connectivity index (χ2v) is 7.63. The van der Waals surface area contributed by atoms with Crippen LogP contribution in [0.2, 0.25) is 0 Å². The highest BCUT2D eigenvalue weighted by Crippen LogP contribution is 2.31. The van der Waals surface area contributed by atoms with Gasteiger partial charge in [-0.05, 0) is 79.6 Å². The van der Waals surface area contributed by atoms with Crippen molar-refractivity contribution in [1.82, 2.24) is 4.98 Å². The van der Waals surface area contributed by atoms with Gasteiger partial charge in [-0.1, -0.05) is 6.07 Å². The molecule has 0 aliphatic rings. The number of rotatable bonds is 3. The minimum atomic E-state index is -0.143. The van der Waals surface area contributed by atoms with E-state index >= 15 is 0 Å². The van der Waals surface area contributed by atoms with Gasteiger partial charge in [0.2, 0.25) is 0 Å². The molecule has 0 aliphatic carbocycles. The summed E-state index contributed by atoms with van der Waals surface area (Å²) in [6.07, 6.45) is 0. The summed E-state index contributed by atoms with van der Waals surface area (Å²) >= 11 is 1.67. The Morgan fingerprint density at radius 2 is 1.78 bits per heavy atom. The largest absolute Gasteiger partial charge is 0.399 e. The molecule has 0 saturated heterocycles. The number of amides is 1. The Bertz CT molecular complexity index is 1150. The van der Waals surface area contributed by atoms with Gasteiger partial charge in [0.15, 0.2) is 0 Å². The van der Waals surface area contributed by atoms with Gasteiger partial charge in [-0.15, -0.1) is 11.3 Å². The highest BCUT2D eigenvalue weighted by Gasteiger charge is 2.10. The van der Waals surface area contributed by atoms with E-state index in [-0.39, 0.29) is 5.91 Å². The molecular formula is C22H19N3OS. The average Bonchev–Trinajstić information content (AvgIpc) is 3.05. The fourth-order valence-electron chi connectivity index (χ4n) is 2.99. The monoisotopic (exact) mass is 373 g/mol. The summed E-state index contributed by atoms with van der Waals surface area (Å²) in [5.74, 6) is -0.143. The van der Waals surface area contributed by atoms with Gasteiger partial charge in [-0.3, -0.25) is 4.79 Å². The van der Waals surface area contributed by atoms with Crippen molar-refractivity contribution in [1.29, 1.82) is 0 Å². The first-order chi connectivity index (χ1) is 13.0. The van der Waals surface area contributed by atoms with Gasteiger partial charge in [0.25, 0.3) is 5.91 Å². The number of anilines is 2. The van der Waals surface area contributed by atoms with Crippen LogP contribution in [-0.4, -0.2) is 10.9 Å². The number of nitrogens with one attached hydrogen (secondary N) is 1. The molecule has 4 rings (SSSR count). The summed E-state index contributed by atoms with van der Waals surface area (Å²) in [6.45, 7) is 3.96. The normalized spacial score (nSPS) is 10.9. The molecule has 1 aromatic heterocycles. The number of hydrogen-bond acceptors (Lipinski definition) is 4. The average molecular weight is 373 g/mol. The predicted octanol–water partition coefficient (Wildman–Crippen LogP) is 5.41. The highest BCUT2D eigenvalue weighted by molar-refractivity contribution is 7.21. The molecule has 4 aromatic rings. The molecule has 3 N–H and O–H groups in total. The zero-order valence-electron chi connectivity index (χ0n) is 15.1. The first-order valence-corrected chi connectivity index (χ1v) is 9.46. The van der Waals surface area contributed by atoms with Crippen LogP contribution in [0.4, 0.5) is 11.4 Å². The topological polar surface area (TPSA) is 68.0 Å². The number of nitrogen functional groups attached to an aromatic ring is 1. The molecule has 0 unspecified atom stereocenters. The van der Waals surface area contributed by atoms with Crippen molar-refractivity contribution >= 4 is 38.8 Å². The van der Waals surface area contributed by atoms with E-state index in [0.717, 1.165) is 27.3 Å². The highest BCUT2D eigenvalue weighted by atomic mass is 32.1. The molecule has 0 saturated carbocycles. The summed E-state index contributed by atoms with van der Waals surface area (Å²) in [7, 11) is 0. The van der Waals surface area contributed by atoms with Crippen molar-refractivity contribution in [3.63, 3.8) is 0 Å². The molecule has 0 radical (unpaired) electrons. The Balaban J connectivity index is 1.55. The summed E-state index contributed by atoms with van der Waals surface area (Å²) in [4.78, 5) is 17.2. The third-order valence-electron chi connectivity index (χ3n) is 4.43. The SMILES string of the molecule is Cc1ccc2nc(-c3ccc(NC(=O)c4ccc(N)cc4C)cc3)sc2c1. The first kappa shape index (κ1) is 17.2. The van der Waals surface area contributed by atoms with Crippen LogP contribution in [0.5, 0.6) is 0 Å². The van der Waals surface area contributed by atoms with E-state index in [1.165, 1.54) is 10.3 Å². The lowest BCUT2D eigenvalue weighted by Gasteiger charge is -2.08. The molecule has 0 spiro atoms. The number of carbonyl (C=O) groups is 1. The smallest absolute Gasteiger partial charge is 0.255 e. The van der Waals surface area contributed by atoms with Crippen LogP contribution in [0.1, 0.15) is 21.5 Å². The molecule has 3 aromatic carbocycles. The van der Waals surface area contributed by atoms with E-state index in [2.05, 4.69) is 24.4 Å². The maximum atomic E-state index is 12.5. The molecule has 0 bridgehead atoms. The van der Waals surface area contributed by atoms with Crippen molar-refractivity contribution in [3.05, 3.63) is 77.4 Å². The van der Waals surface area contributed by atoms with Crippen LogP contribution in [0.15, 0.2) is 60.7 Å². The molecule has 134 valence electrons. The van der Waals surface area contributed by atoms with Crippen LogP contribution < -0.4 is 11.1 Å². The van der Waals surface area contributed by atoms with Gasteiger partial charge >= 0.3 is 0 Å². The third-order valence-corrected chi connectivity index (χ3v) is 5.50. The zero-order chi connectivity index (χ0) is 19.0. The minimum absolute atomic E-state index is 0.143. The van der Waals surface area contributed by atoms with E-state index in [9.17, 15) is 4.79 Å². The van der Waals surface area contributed by atoms with Crippen LogP contribution in [0.25, 0.3) is 20.8 Å². The van der Waals surface area contributed by atoms with E-state index in [1.807, 2.05) is 37.3 Å². The van der Waals surface area contributed by atoms with Gasteiger partial charge in [-0.2, -0.15) is 0 Å². The van der Waals surface area contributed by atoms with Crippen molar-refractivity contribution in [2.75, 3.05) is 11.1 Å². The Kier molecular flexibility index (Phi) is 4.38. The maximum Gasteiger partial charge on any atom is 0.255 e. The Labute approximate surface area is 161 Å². The Morgan fingerprint density at radius 3 is 2.52 bits per heavy atom. The molecule has 0 atom stereocenters. The fourth-order valence-corrected chi connectivity index (χ4v) is 4.06. The van der Waals surface area contributed by atoms with E-state index in [1.54, 1.807) is 29.5 Å². The number of fused-ring (bicyclic) bond motifs is 1. The number of benzene rings is 3. The van der Waals surface area contributed by atoms with E-state index in [4.69, 9.17) is 10.7 Å². The van der Waals surface area contributed by atoms with Crippen LogP contribution >= 0.6 is 11.3 Å². The number of aryl methyl sites for hydroxylation is 2. The number of nitrogens with zero attached hydrogens (tertiary/aromatic N) is 1. The maximum absolute atomic E-state index is 12.5. The molecular weight excluding hydrogens is 354 g/mol. The summed E-state index contributed by atoms with van der Waals surface area (Å²) < 4.78 is 1.18. The van der Waals surface area contributed by atoms with Gasteiger partial charge in [0.05, 0.1) is 10.2 Å². The quantitative estimate of drug-likeness (QED) is 0.472. The van der Waals surface area contributed by atoms with Crippen molar-refractivity contribution in [2.24, 2.45) is 0 Å². The molecule has 1 amide bonds. The minimum Gasteiger partial charge on any atom is -0.399 e. The van der Waals surface area contributed by atoms with E-state index in [0.29, 0.717) is 11.3 Å². The summed E-state index contributed by atoms with van der Waals surface area (Å²) in [5, 5.41) is 3.91. The number of hydrogen-bond donors (Lipinski definition) is 2. The molecule has 0 aliphatic heterocycles. The lowest BCUT2D eigenvalue weighted by Crippen LogP contribution is -2.13. The number of aromatic nitrogens is 1. The fraction of sp³-hybridized carbons (Fsp3) is 0.0909. The number of carbonyl (C=O) groups excluding carboxylic acids is 1. The third kappa shape index (κ3) is 3.55. The Hall–Kier alpha value is -3.18. The summed E-state index contributed by atoms with van der Waals surface area (Å²) in [6, 6.07) is 19.3. The van der Waals surface area contributed by atoms with Crippen LogP contribution in [0, 0.1) is 13.8 Å². The zero-order valence-corrected chi connectivity index (χ0v) is 15.9. The molecule has 1 heterocycles. The van der Waals surface area contributed by atoms with Gasteiger partial charge in [-0.25, -0.2) is 4.98 Å². The molecule has 4 nitrogen and oxygen atoms in total. The van der Waals surface area contributed by atoms with Crippen LogP contribution in [0.3, 0.4) is 0 Å². The number of thiazole rings is 1. The van der Waals surface area contributed by atoms with Gasteiger partial charge in [0.1, 0.15) is 5.01 Å². The van der Waals surface area contributed by atoms with Crippen LogP contribution in [-0.2, 0) is 0 Å². The number of nitrogens with two attached hydrogens (primary N) is 1. The lowest BCUT2D eigenvalue weighted by molar-refractivity contribution is 0.102. The molecule has 5 heteroatoms. The van der Waals surface area contributed by atoms with Gasteiger partial charge in [0, 0.05) is 22.5 Å². The predicted molar refractivity (Wildman–Crippen MR) is 113 cm³/mol. The van der Waals surface area contributed by atoms with E-state index < -0.39 is 0 Å².